The van der Waals surface area contributed by atoms with Gasteiger partial charge in [-0.3, -0.25) is 9.48 Å². The molecule has 0 fully saturated rings. The van der Waals surface area contributed by atoms with Gasteiger partial charge in [-0.15, -0.1) is 16.4 Å². The summed E-state index contributed by atoms with van der Waals surface area (Å²) in [4.78, 5) is 12.9. The number of aromatic nitrogens is 3. The summed E-state index contributed by atoms with van der Waals surface area (Å²) in [6, 6.07) is 1.93. The highest BCUT2D eigenvalue weighted by molar-refractivity contribution is 9.10. The summed E-state index contributed by atoms with van der Waals surface area (Å²) in [5, 5.41) is 9.62. The van der Waals surface area contributed by atoms with Crippen molar-refractivity contribution >= 4 is 33.0 Å². The lowest BCUT2D eigenvalue weighted by Crippen LogP contribution is -2.10. The van der Waals surface area contributed by atoms with Crippen LogP contribution in [0.25, 0.3) is 0 Å². The number of carbonyl (C=O) groups is 1. The lowest BCUT2D eigenvalue weighted by atomic mass is 10.2. The SMILES string of the molecule is NCCn1cc(C(=O)Cc2sccc2Br)nn1. The van der Waals surface area contributed by atoms with E-state index in [9.17, 15) is 4.79 Å². The van der Waals surface area contributed by atoms with Crippen LogP contribution in [-0.4, -0.2) is 27.3 Å². The molecule has 17 heavy (non-hydrogen) atoms. The number of hydrogen-bond donors (Lipinski definition) is 1. The second kappa shape index (κ2) is 5.52. The van der Waals surface area contributed by atoms with Crippen molar-refractivity contribution in [2.24, 2.45) is 5.73 Å². The first-order chi connectivity index (χ1) is 8.20. The van der Waals surface area contributed by atoms with Gasteiger partial charge >= 0.3 is 0 Å². The Kier molecular flexibility index (Phi) is 4.03. The molecule has 0 atom stereocenters. The van der Waals surface area contributed by atoms with Crippen LogP contribution in [-0.2, 0) is 13.0 Å². The summed E-state index contributed by atoms with van der Waals surface area (Å²) < 4.78 is 2.54. The molecular formula is C10H11BrN4OS. The first kappa shape index (κ1) is 12.4. The van der Waals surface area contributed by atoms with Gasteiger partial charge in [0.15, 0.2) is 5.78 Å². The van der Waals surface area contributed by atoms with E-state index in [1.165, 1.54) is 0 Å². The molecule has 0 aliphatic heterocycles. The number of carbonyl (C=O) groups excluding carboxylic acids is 1. The van der Waals surface area contributed by atoms with Gasteiger partial charge in [-0.25, -0.2) is 0 Å². The zero-order chi connectivity index (χ0) is 12.3. The molecule has 0 saturated heterocycles. The highest BCUT2D eigenvalue weighted by Crippen LogP contribution is 2.23. The minimum absolute atomic E-state index is 0.0311. The average Bonchev–Trinajstić information content (AvgIpc) is 2.90. The fourth-order valence-electron chi connectivity index (χ4n) is 1.36. The zero-order valence-electron chi connectivity index (χ0n) is 8.97. The van der Waals surface area contributed by atoms with E-state index in [-0.39, 0.29) is 5.78 Å². The second-order valence-electron chi connectivity index (χ2n) is 3.45. The van der Waals surface area contributed by atoms with Crippen LogP contribution in [0.4, 0.5) is 0 Å². The molecule has 2 rings (SSSR count). The van der Waals surface area contributed by atoms with Gasteiger partial charge in [0.25, 0.3) is 0 Å². The third-order valence-corrected chi connectivity index (χ3v) is 4.12. The quantitative estimate of drug-likeness (QED) is 0.848. The number of rotatable bonds is 5. The van der Waals surface area contributed by atoms with Crippen LogP contribution >= 0.6 is 27.3 Å². The summed E-state index contributed by atoms with van der Waals surface area (Å²) in [6.07, 6.45) is 1.98. The van der Waals surface area contributed by atoms with Crippen molar-refractivity contribution in [3.63, 3.8) is 0 Å². The van der Waals surface area contributed by atoms with Gasteiger partial charge in [-0.1, -0.05) is 5.21 Å². The maximum atomic E-state index is 11.9. The molecule has 2 heterocycles. The second-order valence-corrected chi connectivity index (χ2v) is 5.30. The maximum absolute atomic E-state index is 11.9. The van der Waals surface area contributed by atoms with Crippen LogP contribution in [0.15, 0.2) is 22.1 Å². The van der Waals surface area contributed by atoms with Gasteiger partial charge in [-0.05, 0) is 27.4 Å². The smallest absolute Gasteiger partial charge is 0.189 e. The number of halogens is 1. The third-order valence-electron chi connectivity index (χ3n) is 2.19. The molecule has 0 spiro atoms. The molecule has 0 bridgehead atoms. The summed E-state index contributed by atoms with van der Waals surface area (Å²) in [7, 11) is 0. The third kappa shape index (κ3) is 2.99. The Bertz CT molecular complexity index is 522. The van der Waals surface area contributed by atoms with Gasteiger partial charge in [-0.2, -0.15) is 0 Å². The Labute approximate surface area is 111 Å². The molecule has 0 radical (unpaired) electrons. The lowest BCUT2D eigenvalue weighted by molar-refractivity contribution is 0.0989. The van der Waals surface area contributed by atoms with Crippen LogP contribution in [0.1, 0.15) is 15.4 Å². The predicted molar refractivity (Wildman–Crippen MR) is 69.1 cm³/mol. The van der Waals surface area contributed by atoms with Gasteiger partial charge in [0.2, 0.25) is 0 Å². The van der Waals surface area contributed by atoms with E-state index in [4.69, 9.17) is 5.73 Å². The standard InChI is InChI=1S/C10H11BrN4OS/c11-7-1-4-17-10(7)5-9(16)8-6-15(3-2-12)14-13-8/h1,4,6H,2-3,5,12H2. The van der Waals surface area contributed by atoms with Crippen molar-refractivity contribution in [2.45, 2.75) is 13.0 Å². The first-order valence-corrected chi connectivity index (χ1v) is 6.73. The van der Waals surface area contributed by atoms with E-state index in [0.717, 1.165) is 9.35 Å². The molecule has 5 nitrogen and oxygen atoms in total. The number of hydrogen-bond acceptors (Lipinski definition) is 5. The predicted octanol–water partition coefficient (Wildman–Crippen LogP) is 1.49. The Morgan fingerprint density at radius 3 is 3.06 bits per heavy atom. The monoisotopic (exact) mass is 314 g/mol. The van der Waals surface area contributed by atoms with Crippen LogP contribution in [0.3, 0.4) is 0 Å². The molecule has 90 valence electrons. The fourth-order valence-corrected chi connectivity index (χ4v) is 2.85. The summed E-state index contributed by atoms with van der Waals surface area (Å²) >= 11 is 4.94. The van der Waals surface area contributed by atoms with Crippen molar-refractivity contribution in [1.29, 1.82) is 0 Å². The van der Waals surface area contributed by atoms with Crippen LogP contribution < -0.4 is 5.73 Å². The minimum atomic E-state index is -0.0311. The molecule has 0 amide bonds. The van der Waals surface area contributed by atoms with Crippen LogP contribution in [0, 0.1) is 0 Å². The zero-order valence-corrected chi connectivity index (χ0v) is 11.4. The molecule has 0 aromatic carbocycles. The highest BCUT2D eigenvalue weighted by atomic mass is 79.9. The molecule has 7 heteroatoms. The van der Waals surface area contributed by atoms with Crippen molar-refractivity contribution in [3.05, 3.63) is 32.7 Å². The molecule has 0 saturated carbocycles. The molecule has 2 aromatic rings. The highest BCUT2D eigenvalue weighted by Gasteiger charge is 2.13. The van der Waals surface area contributed by atoms with Gasteiger partial charge in [0, 0.05) is 22.3 Å². The van der Waals surface area contributed by atoms with E-state index in [2.05, 4.69) is 26.2 Å². The van der Waals surface area contributed by atoms with E-state index in [0.29, 0.717) is 25.2 Å². The number of thiophene rings is 1. The fraction of sp³-hybridized carbons (Fsp3) is 0.300. The maximum Gasteiger partial charge on any atom is 0.189 e. The Balaban J connectivity index is 2.07. The molecule has 0 aliphatic carbocycles. The Hall–Kier alpha value is -1.05. The summed E-state index contributed by atoms with van der Waals surface area (Å²) in [6.45, 7) is 1.05. The van der Waals surface area contributed by atoms with E-state index in [1.54, 1.807) is 22.2 Å². The van der Waals surface area contributed by atoms with E-state index < -0.39 is 0 Å². The average molecular weight is 315 g/mol. The van der Waals surface area contributed by atoms with Crippen LogP contribution in [0.5, 0.6) is 0 Å². The van der Waals surface area contributed by atoms with Crippen molar-refractivity contribution < 1.29 is 4.79 Å². The molecule has 0 aliphatic rings. The number of ketones is 1. The van der Waals surface area contributed by atoms with Crippen molar-refractivity contribution in [1.82, 2.24) is 15.0 Å². The molecule has 2 N–H and O–H groups in total. The first-order valence-electron chi connectivity index (χ1n) is 5.06. The molecular weight excluding hydrogens is 304 g/mol. The summed E-state index contributed by atoms with van der Waals surface area (Å²) in [5.41, 5.74) is 5.79. The Morgan fingerprint density at radius 2 is 2.41 bits per heavy atom. The lowest BCUT2D eigenvalue weighted by Gasteiger charge is -1.95. The molecule has 0 unspecified atom stereocenters. The number of nitrogens with two attached hydrogens (primary N) is 1. The van der Waals surface area contributed by atoms with Crippen molar-refractivity contribution in [3.8, 4) is 0 Å². The van der Waals surface area contributed by atoms with Gasteiger partial charge < -0.3 is 5.73 Å². The van der Waals surface area contributed by atoms with Gasteiger partial charge in [0.05, 0.1) is 12.7 Å². The normalized spacial score (nSPS) is 10.7. The topological polar surface area (TPSA) is 73.8 Å². The largest absolute Gasteiger partial charge is 0.329 e. The van der Waals surface area contributed by atoms with E-state index >= 15 is 0 Å². The number of Topliss-reactive ketones (excluding diaryl/α,β-unsaturated/α-hetero) is 1. The summed E-state index contributed by atoms with van der Waals surface area (Å²) in [5.74, 6) is -0.0311. The van der Waals surface area contributed by atoms with E-state index in [1.807, 2.05) is 11.4 Å². The number of nitrogens with zero attached hydrogens (tertiary/aromatic N) is 3. The van der Waals surface area contributed by atoms with Crippen molar-refractivity contribution in [2.75, 3.05) is 6.54 Å². The minimum Gasteiger partial charge on any atom is -0.329 e. The van der Waals surface area contributed by atoms with Gasteiger partial charge in [0.1, 0.15) is 5.69 Å². The Morgan fingerprint density at radius 1 is 1.59 bits per heavy atom. The van der Waals surface area contributed by atoms with Crippen LogP contribution in [0.2, 0.25) is 0 Å². The molecule has 2 aromatic heterocycles.